The topological polar surface area (TPSA) is 67.2 Å². The van der Waals surface area contributed by atoms with Crippen LogP contribution in [0, 0.1) is 0 Å². The average Bonchev–Trinajstić information content (AvgIpc) is 3.59. The number of ether oxygens (including phenoxy) is 1. The molecule has 4 heterocycles. The van der Waals surface area contributed by atoms with Gasteiger partial charge in [0.25, 0.3) is 11.8 Å². The van der Waals surface area contributed by atoms with E-state index >= 15 is 0 Å². The van der Waals surface area contributed by atoms with Gasteiger partial charge in [-0.25, -0.2) is 4.98 Å². The molecule has 0 saturated carbocycles. The molecule has 1 saturated heterocycles. The lowest BCUT2D eigenvalue weighted by atomic mass is 9.74. The monoisotopic (exact) mass is 562 g/mol. The van der Waals surface area contributed by atoms with E-state index in [0.717, 1.165) is 29.8 Å². The van der Waals surface area contributed by atoms with Gasteiger partial charge in [0, 0.05) is 42.5 Å². The molecule has 0 radical (unpaired) electrons. The number of fused-ring (bicyclic) bond motifs is 3. The number of imidazole rings is 1. The van der Waals surface area contributed by atoms with Gasteiger partial charge in [0.1, 0.15) is 28.0 Å². The van der Waals surface area contributed by atoms with Crippen LogP contribution in [0.3, 0.4) is 0 Å². The van der Waals surface area contributed by atoms with Crippen LogP contribution in [0.4, 0.5) is 5.69 Å². The highest BCUT2D eigenvalue weighted by molar-refractivity contribution is 6.29. The second kappa shape index (κ2) is 10.1. The van der Waals surface area contributed by atoms with E-state index in [-0.39, 0.29) is 17.2 Å². The lowest BCUT2D eigenvalue weighted by molar-refractivity contribution is 0.0670. The summed E-state index contributed by atoms with van der Waals surface area (Å²) in [6, 6.07) is 30.4. The highest BCUT2D eigenvalue weighted by atomic mass is 35.5. The molecule has 0 N–H and O–H groups in total. The third-order valence-electron chi connectivity index (χ3n) is 8.22. The van der Waals surface area contributed by atoms with Crippen LogP contribution >= 0.6 is 11.6 Å². The van der Waals surface area contributed by atoms with E-state index in [1.807, 2.05) is 94.7 Å². The van der Waals surface area contributed by atoms with Crippen molar-refractivity contribution in [2.24, 2.45) is 0 Å². The van der Waals surface area contributed by atoms with Crippen LogP contribution in [0.2, 0.25) is 5.15 Å². The number of carbonyl (C=O) groups is 2. The fourth-order valence-corrected chi connectivity index (χ4v) is 6.28. The van der Waals surface area contributed by atoms with Crippen LogP contribution in [0.1, 0.15) is 39.3 Å². The highest BCUT2D eigenvalue weighted by Crippen LogP contribution is 2.47. The minimum atomic E-state index is -0.215. The summed E-state index contributed by atoms with van der Waals surface area (Å²) < 4.78 is 7.59. The lowest BCUT2D eigenvalue weighted by Gasteiger charge is -2.40. The second-order valence-corrected chi connectivity index (χ2v) is 11.0. The first-order chi connectivity index (χ1) is 20.0. The minimum Gasteiger partial charge on any atom is -0.457 e. The summed E-state index contributed by atoms with van der Waals surface area (Å²) in [5.74, 6) is 1.30. The number of piperidine rings is 1. The van der Waals surface area contributed by atoms with Crippen LogP contribution in [-0.2, 0) is 5.41 Å². The van der Waals surface area contributed by atoms with Gasteiger partial charge >= 0.3 is 0 Å². The summed E-state index contributed by atoms with van der Waals surface area (Å²) in [5, 5.41) is 0.503. The van der Waals surface area contributed by atoms with Gasteiger partial charge in [0.15, 0.2) is 0 Å². The van der Waals surface area contributed by atoms with Crippen molar-refractivity contribution in [3.63, 3.8) is 0 Å². The van der Waals surface area contributed by atoms with E-state index in [4.69, 9.17) is 16.3 Å². The molecule has 7 nitrogen and oxygen atoms in total. The zero-order valence-corrected chi connectivity index (χ0v) is 23.0. The number of halogens is 1. The van der Waals surface area contributed by atoms with Crippen molar-refractivity contribution in [2.75, 3.05) is 24.5 Å². The van der Waals surface area contributed by atoms with Gasteiger partial charge in [-0.3, -0.25) is 14.0 Å². The third-order valence-corrected chi connectivity index (χ3v) is 8.53. The number of hydrogen-bond donors (Lipinski definition) is 0. The zero-order valence-electron chi connectivity index (χ0n) is 22.2. The van der Waals surface area contributed by atoms with E-state index in [2.05, 4.69) is 11.1 Å². The molecule has 1 fully saturated rings. The molecular formula is C33H27ClN4O3. The van der Waals surface area contributed by atoms with Crippen LogP contribution in [0.5, 0.6) is 11.5 Å². The minimum absolute atomic E-state index is 0.00639. The summed E-state index contributed by atoms with van der Waals surface area (Å²) in [7, 11) is 0. The Bertz CT molecular complexity index is 1760. The van der Waals surface area contributed by atoms with E-state index in [1.165, 1.54) is 0 Å². The van der Waals surface area contributed by atoms with Crippen molar-refractivity contribution in [1.82, 2.24) is 14.3 Å². The molecule has 7 rings (SSSR count). The number of anilines is 1. The van der Waals surface area contributed by atoms with Crippen molar-refractivity contribution in [1.29, 1.82) is 0 Å². The summed E-state index contributed by atoms with van der Waals surface area (Å²) in [4.78, 5) is 35.4. The van der Waals surface area contributed by atoms with Crippen LogP contribution in [-0.4, -0.2) is 45.7 Å². The van der Waals surface area contributed by atoms with E-state index < -0.39 is 0 Å². The fourth-order valence-electron chi connectivity index (χ4n) is 6.07. The van der Waals surface area contributed by atoms with Gasteiger partial charge in [-0.1, -0.05) is 54.1 Å². The molecule has 1 spiro atoms. The van der Waals surface area contributed by atoms with Crippen molar-refractivity contribution >= 4 is 34.7 Å². The van der Waals surface area contributed by atoms with Crippen molar-refractivity contribution in [2.45, 2.75) is 18.3 Å². The molecule has 2 aromatic heterocycles. The first-order valence-corrected chi connectivity index (χ1v) is 14.1. The molecule has 0 unspecified atom stereocenters. The van der Waals surface area contributed by atoms with Crippen molar-refractivity contribution in [3.05, 3.63) is 125 Å². The normalized spacial score (nSPS) is 15.7. The van der Waals surface area contributed by atoms with Gasteiger partial charge in [-0.2, -0.15) is 0 Å². The standard InChI is InChI=1S/C33H27ClN4O3/c34-29-11-6-12-30-35-27(21-37(29)30)32(40)38-22-33(26-9-4-5-10-28(26)38)17-19-36(20-18-33)31(39)23-13-15-25(16-14-23)41-24-7-2-1-3-8-24/h1-16,21H,17-20,22H2. The molecule has 204 valence electrons. The molecule has 0 atom stereocenters. The highest BCUT2D eigenvalue weighted by Gasteiger charge is 2.47. The Morgan fingerprint density at radius 2 is 1.49 bits per heavy atom. The molecule has 2 aliphatic heterocycles. The second-order valence-electron chi connectivity index (χ2n) is 10.6. The third kappa shape index (κ3) is 4.52. The Balaban J connectivity index is 1.07. The van der Waals surface area contributed by atoms with Crippen molar-refractivity contribution in [3.8, 4) is 11.5 Å². The van der Waals surface area contributed by atoms with Gasteiger partial charge in [0.05, 0.1) is 0 Å². The van der Waals surface area contributed by atoms with Crippen LogP contribution in [0.15, 0.2) is 103 Å². The molecular weight excluding hydrogens is 536 g/mol. The largest absolute Gasteiger partial charge is 0.457 e. The van der Waals surface area contributed by atoms with Crippen molar-refractivity contribution < 1.29 is 14.3 Å². The van der Waals surface area contributed by atoms with Gasteiger partial charge in [0.2, 0.25) is 0 Å². The first kappa shape index (κ1) is 25.4. The molecule has 8 heteroatoms. The maximum absolute atomic E-state index is 13.7. The predicted octanol–water partition coefficient (Wildman–Crippen LogP) is 6.61. The molecule has 0 aliphatic carbocycles. The molecule has 2 amide bonds. The smallest absolute Gasteiger partial charge is 0.278 e. The number of pyridine rings is 1. The summed E-state index contributed by atoms with van der Waals surface area (Å²) in [6.07, 6.45) is 3.24. The Kier molecular flexibility index (Phi) is 6.24. The number of nitrogens with zero attached hydrogens (tertiary/aromatic N) is 4. The van der Waals surface area contributed by atoms with E-state index in [0.29, 0.717) is 47.4 Å². The average molecular weight is 563 g/mol. The maximum atomic E-state index is 13.7. The Morgan fingerprint density at radius 3 is 2.24 bits per heavy atom. The molecule has 5 aromatic rings. The zero-order chi connectivity index (χ0) is 28.0. The number of rotatable bonds is 4. The quantitative estimate of drug-likeness (QED) is 0.231. The van der Waals surface area contributed by atoms with Crippen LogP contribution < -0.4 is 9.64 Å². The number of carbonyl (C=O) groups excluding carboxylic acids is 2. The summed E-state index contributed by atoms with van der Waals surface area (Å²) in [6.45, 7) is 1.78. The number of benzene rings is 3. The lowest BCUT2D eigenvalue weighted by Crippen LogP contribution is -2.47. The maximum Gasteiger partial charge on any atom is 0.278 e. The first-order valence-electron chi connectivity index (χ1n) is 13.7. The number of likely N-dealkylation sites (tertiary alicyclic amines) is 1. The molecule has 2 aliphatic rings. The van der Waals surface area contributed by atoms with Gasteiger partial charge < -0.3 is 14.5 Å². The van der Waals surface area contributed by atoms with Crippen LogP contribution in [0.25, 0.3) is 5.65 Å². The van der Waals surface area contributed by atoms with Gasteiger partial charge in [-0.15, -0.1) is 0 Å². The fraction of sp³-hybridized carbons (Fsp3) is 0.182. The Labute approximate surface area is 242 Å². The Hall–Kier alpha value is -4.62. The Morgan fingerprint density at radius 1 is 0.780 bits per heavy atom. The summed E-state index contributed by atoms with van der Waals surface area (Å²) >= 11 is 6.32. The van der Waals surface area contributed by atoms with E-state index in [9.17, 15) is 9.59 Å². The molecule has 41 heavy (non-hydrogen) atoms. The SMILES string of the molecule is O=C(c1ccc(Oc2ccccc2)cc1)N1CCC2(CC1)CN(C(=O)c1cn3c(Cl)cccc3n1)c1ccccc12. The predicted molar refractivity (Wildman–Crippen MR) is 158 cm³/mol. The van der Waals surface area contributed by atoms with Gasteiger partial charge in [-0.05, 0) is 73.0 Å². The number of hydrogen-bond acceptors (Lipinski definition) is 4. The molecule has 0 bridgehead atoms. The number of amides is 2. The van der Waals surface area contributed by atoms with E-state index in [1.54, 1.807) is 16.7 Å². The summed E-state index contributed by atoms with van der Waals surface area (Å²) in [5.41, 5.74) is 3.48. The molecule has 3 aromatic carbocycles. The number of para-hydroxylation sites is 2. The number of aromatic nitrogens is 2.